The molecule has 1 fully saturated rings. The maximum atomic E-state index is 12.7. The largest absolute Gasteiger partial charge is 0.458 e. The van der Waals surface area contributed by atoms with Crippen LogP contribution >= 0.6 is 11.8 Å². The van der Waals surface area contributed by atoms with Crippen LogP contribution in [-0.2, 0) is 14.3 Å². The molecule has 1 aromatic rings. The number of allylic oxidation sites excluding steroid dienone is 1. The number of carbonyl (C=O) groups excluding carboxylic acids is 2. The molecule has 0 radical (unpaired) electrons. The van der Waals surface area contributed by atoms with Crippen LogP contribution in [0.4, 0.5) is 5.69 Å². The molecule has 140 valence electrons. The van der Waals surface area contributed by atoms with Crippen molar-refractivity contribution in [3.63, 3.8) is 0 Å². The van der Waals surface area contributed by atoms with Crippen LogP contribution in [0.15, 0.2) is 53.2 Å². The molecule has 27 heavy (non-hydrogen) atoms. The molecule has 8 nitrogen and oxygen atoms in total. The molecule has 0 aliphatic carbocycles. The first kappa shape index (κ1) is 18.8. The van der Waals surface area contributed by atoms with Gasteiger partial charge in [0.2, 0.25) is 5.91 Å². The van der Waals surface area contributed by atoms with Gasteiger partial charge in [0.15, 0.2) is 5.17 Å². The van der Waals surface area contributed by atoms with Gasteiger partial charge in [0, 0.05) is 24.3 Å². The predicted octanol–water partition coefficient (Wildman–Crippen LogP) is 2.97. The maximum absolute atomic E-state index is 12.7. The number of rotatable bonds is 5. The molecule has 1 atom stereocenters. The van der Waals surface area contributed by atoms with Crippen molar-refractivity contribution in [2.24, 2.45) is 4.99 Å². The maximum Gasteiger partial charge on any atom is 0.338 e. The number of nitro benzene ring substituents is 1. The van der Waals surface area contributed by atoms with Crippen molar-refractivity contribution < 1.29 is 19.2 Å². The molecule has 2 aliphatic heterocycles. The number of amidine groups is 1. The van der Waals surface area contributed by atoms with Crippen molar-refractivity contribution in [1.29, 1.82) is 0 Å². The topological polar surface area (TPSA) is 102 Å². The van der Waals surface area contributed by atoms with E-state index in [1.54, 1.807) is 13.0 Å². The third-order valence-corrected chi connectivity index (χ3v) is 5.11. The van der Waals surface area contributed by atoms with Gasteiger partial charge in [0.25, 0.3) is 5.69 Å². The zero-order valence-corrected chi connectivity index (χ0v) is 15.4. The summed E-state index contributed by atoms with van der Waals surface area (Å²) in [7, 11) is 0. The summed E-state index contributed by atoms with van der Waals surface area (Å²) in [6.07, 6.45) is 1.73. The highest BCUT2D eigenvalue weighted by Gasteiger charge is 2.42. The van der Waals surface area contributed by atoms with Crippen LogP contribution < -0.4 is 0 Å². The summed E-state index contributed by atoms with van der Waals surface area (Å²) in [6, 6.07) is 5.09. The number of ether oxygens (including phenoxy) is 1. The summed E-state index contributed by atoms with van der Waals surface area (Å²) in [5, 5.41) is 11.7. The summed E-state index contributed by atoms with van der Waals surface area (Å²) >= 11 is 1.41. The van der Waals surface area contributed by atoms with Gasteiger partial charge in [-0.25, -0.2) is 9.79 Å². The zero-order valence-electron chi connectivity index (χ0n) is 14.6. The number of hydrogen-bond donors (Lipinski definition) is 0. The zero-order chi connectivity index (χ0) is 19.6. The number of carbonyl (C=O) groups is 2. The van der Waals surface area contributed by atoms with Crippen molar-refractivity contribution >= 4 is 34.5 Å². The Morgan fingerprint density at radius 1 is 1.56 bits per heavy atom. The van der Waals surface area contributed by atoms with Gasteiger partial charge >= 0.3 is 5.97 Å². The van der Waals surface area contributed by atoms with Crippen molar-refractivity contribution in [2.75, 3.05) is 12.4 Å². The Labute approximate surface area is 159 Å². The smallest absolute Gasteiger partial charge is 0.338 e. The molecule has 0 spiro atoms. The number of non-ortho nitro benzene ring substituents is 1. The molecule has 1 aromatic carbocycles. The first-order chi connectivity index (χ1) is 12.9. The lowest BCUT2D eigenvalue weighted by Crippen LogP contribution is -2.45. The van der Waals surface area contributed by atoms with E-state index in [1.807, 2.05) is 0 Å². The Kier molecular flexibility index (Phi) is 5.41. The lowest BCUT2D eigenvalue weighted by Gasteiger charge is -2.38. The van der Waals surface area contributed by atoms with Crippen LogP contribution in [0, 0.1) is 10.1 Å². The fourth-order valence-corrected chi connectivity index (χ4v) is 4.00. The lowest BCUT2D eigenvalue weighted by molar-refractivity contribution is -0.384. The van der Waals surface area contributed by atoms with E-state index in [9.17, 15) is 19.7 Å². The molecular formula is C18H17N3O5S. The molecule has 9 heteroatoms. The molecular weight excluding hydrogens is 370 g/mol. The first-order valence-corrected chi connectivity index (χ1v) is 9.19. The van der Waals surface area contributed by atoms with Crippen LogP contribution in [0.25, 0.3) is 0 Å². The van der Waals surface area contributed by atoms with Gasteiger partial charge < -0.3 is 4.74 Å². The number of fused-ring (bicyclic) bond motifs is 1. The number of thioether (sulfide) groups is 1. The molecule has 2 aliphatic rings. The molecule has 0 saturated carbocycles. The van der Waals surface area contributed by atoms with E-state index >= 15 is 0 Å². The van der Waals surface area contributed by atoms with E-state index in [1.165, 1.54) is 40.9 Å². The van der Waals surface area contributed by atoms with Crippen molar-refractivity contribution in [3.8, 4) is 0 Å². The van der Waals surface area contributed by atoms with Crippen LogP contribution in [0.5, 0.6) is 0 Å². The van der Waals surface area contributed by atoms with Crippen molar-refractivity contribution in [2.45, 2.75) is 19.4 Å². The van der Waals surface area contributed by atoms with Crippen LogP contribution in [-0.4, -0.2) is 39.2 Å². The van der Waals surface area contributed by atoms with Crippen LogP contribution in [0.2, 0.25) is 0 Å². The number of nitrogens with zero attached hydrogens (tertiary/aromatic N) is 3. The van der Waals surface area contributed by atoms with E-state index in [0.29, 0.717) is 28.6 Å². The third kappa shape index (κ3) is 3.63. The Morgan fingerprint density at radius 3 is 3.04 bits per heavy atom. The first-order valence-electron chi connectivity index (χ1n) is 8.20. The van der Waals surface area contributed by atoms with E-state index < -0.39 is 16.9 Å². The quantitative estimate of drug-likeness (QED) is 0.333. The Bertz CT molecular complexity index is 893. The second-order valence-electron chi connectivity index (χ2n) is 5.90. The highest BCUT2D eigenvalue weighted by atomic mass is 32.2. The van der Waals surface area contributed by atoms with E-state index in [4.69, 9.17) is 4.74 Å². The average Bonchev–Trinajstić information content (AvgIpc) is 2.65. The van der Waals surface area contributed by atoms with E-state index in [-0.39, 0.29) is 23.8 Å². The standard InChI is InChI=1S/C18H17N3O5S/c1-3-8-26-17(23)15-11(2)19-18-20(14(22)7-9-27-18)16(15)12-5-4-6-13(10-12)21(24)25/h3-6,10,16H,1,7-9H2,2H3/t16-/m1/s1. The Hall–Kier alpha value is -2.94. The molecule has 0 unspecified atom stereocenters. The minimum Gasteiger partial charge on any atom is -0.458 e. The summed E-state index contributed by atoms with van der Waals surface area (Å²) in [5.41, 5.74) is 0.952. The Balaban J connectivity index is 2.15. The second kappa shape index (κ2) is 7.75. The molecule has 3 rings (SSSR count). The number of amides is 1. The number of hydrogen-bond acceptors (Lipinski definition) is 7. The highest BCUT2D eigenvalue weighted by molar-refractivity contribution is 8.14. The summed E-state index contributed by atoms with van der Waals surface area (Å²) in [6.45, 7) is 5.19. The van der Waals surface area contributed by atoms with Gasteiger partial charge in [-0.15, -0.1) is 0 Å². The van der Waals surface area contributed by atoms with Crippen molar-refractivity contribution in [1.82, 2.24) is 4.90 Å². The fourth-order valence-electron chi connectivity index (χ4n) is 2.99. The predicted molar refractivity (Wildman–Crippen MR) is 101 cm³/mol. The minimum absolute atomic E-state index is 0.0105. The van der Waals surface area contributed by atoms with Gasteiger partial charge in [-0.3, -0.25) is 19.8 Å². The molecule has 0 aromatic heterocycles. The number of nitro groups is 1. The summed E-state index contributed by atoms with van der Waals surface area (Å²) in [5.74, 6) is -0.222. The molecule has 0 N–H and O–H groups in total. The fraction of sp³-hybridized carbons (Fsp3) is 0.278. The van der Waals surface area contributed by atoms with E-state index in [0.717, 1.165) is 0 Å². The molecule has 1 amide bonds. The summed E-state index contributed by atoms with van der Waals surface area (Å²) < 4.78 is 5.18. The number of aliphatic imine (C=N–C) groups is 1. The van der Waals surface area contributed by atoms with Gasteiger partial charge in [-0.05, 0) is 12.5 Å². The van der Waals surface area contributed by atoms with Crippen LogP contribution in [0.3, 0.4) is 0 Å². The SMILES string of the molecule is C=CCOC(=O)C1=C(C)N=C2SCCC(=O)N2[C@@H]1c1cccc([N+](=O)[O-])c1. The van der Waals surface area contributed by atoms with E-state index in [2.05, 4.69) is 11.6 Å². The van der Waals surface area contributed by atoms with Gasteiger partial charge in [0.1, 0.15) is 6.61 Å². The normalized spacial score (nSPS) is 19.3. The lowest BCUT2D eigenvalue weighted by atomic mass is 9.94. The molecule has 1 saturated heterocycles. The summed E-state index contributed by atoms with van der Waals surface area (Å²) in [4.78, 5) is 41.8. The number of benzene rings is 1. The second-order valence-corrected chi connectivity index (χ2v) is 6.96. The molecule has 2 heterocycles. The average molecular weight is 387 g/mol. The Morgan fingerprint density at radius 2 is 2.33 bits per heavy atom. The van der Waals surface area contributed by atoms with Crippen molar-refractivity contribution in [3.05, 3.63) is 63.9 Å². The molecule has 0 bridgehead atoms. The van der Waals surface area contributed by atoms with Gasteiger partial charge in [-0.1, -0.05) is 36.5 Å². The highest BCUT2D eigenvalue weighted by Crippen LogP contribution is 2.41. The van der Waals surface area contributed by atoms with Gasteiger partial charge in [-0.2, -0.15) is 0 Å². The van der Waals surface area contributed by atoms with Gasteiger partial charge in [0.05, 0.1) is 22.2 Å². The monoisotopic (exact) mass is 387 g/mol. The van der Waals surface area contributed by atoms with Crippen LogP contribution in [0.1, 0.15) is 24.9 Å². The third-order valence-electron chi connectivity index (χ3n) is 4.16. The number of esters is 1. The minimum atomic E-state index is -0.824.